The van der Waals surface area contributed by atoms with Gasteiger partial charge in [-0.3, -0.25) is 34.2 Å². The zero-order valence-corrected chi connectivity index (χ0v) is 36.9. The molecular formula is C49H47N5O6S2. The number of benzene rings is 5. The second kappa shape index (κ2) is 17.0. The zero-order chi connectivity index (χ0) is 43.1. The van der Waals surface area contributed by atoms with E-state index in [2.05, 4.69) is 25.2 Å². The molecule has 1 N–H and O–H groups in total. The molecule has 0 saturated carbocycles. The molecule has 0 radical (unpaired) electrons. The van der Waals surface area contributed by atoms with E-state index in [0.29, 0.717) is 64.7 Å². The predicted octanol–water partition coefficient (Wildman–Crippen LogP) is 10.2. The van der Waals surface area contributed by atoms with Crippen molar-refractivity contribution in [1.29, 1.82) is 0 Å². The Hall–Kier alpha value is -6.05. The minimum atomic E-state index is -0.183. The summed E-state index contributed by atoms with van der Waals surface area (Å²) < 4.78 is 18.6. The van der Waals surface area contributed by atoms with Gasteiger partial charge in [0.15, 0.2) is 11.5 Å². The van der Waals surface area contributed by atoms with Gasteiger partial charge in [-0.1, -0.05) is 58.0 Å². The van der Waals surface area contributed by atoms with Crippen molar-refractivity contribution in [2.45, 2.75) is 76.5 Å². The highest BCUT2D eigenvalue weighted by Gasteiger charge is 2.38. The number of nitrogens with zero attached hydrogens (tertiary/aromatic N) is 4. The Bertz CT molecular complexity index is 2680. The maximum atomic E-state index is 14.0. The molecule has 0 fully saturated rings. The zero-order valence-electron chi connectivity index (χ0n) is 35.3. The molecule has 4 heterocycles. The van der Waals surface area contributed by atoms with Crippen molar-refractivity contribution in [3.63, 3.8) is 0 Å². The summed E-state index contributed by atoms with van der Waals surface area (Å²) in [6, 6.07) is 28.5. The third-order valence-electron chi connectivity index (χ3n) is 11.7. The average molecular weight is 866 g/mol. The van der Waals surface area contributed by atoms with Crippen molar-refractivity contribution in [2.24, 2.45) is 9.98 Å². The Kier molecular flexibility index (Phi) is 11.3. The van der Waals surface area contributed by atoms with Crippen LogP contribution in [-0.4, -0.2) is 60.3 Å². The lowest BCUT2D eigenvalue weighted by Gasteiger charge is -2.22. The molecule has 316 valence electrons. The largest absolute Gasteiger partial charge is 0.493 e. The average Bonchev–Trinajstić information content (AvgIpc) is 3.75. The quantitative estimate of drug-likeness (QED) is 0.116. The molecule has 4 aliphatic heterocycles. The molecule has 5 aromatic carbocycles. The Morgan fingerprint density at radius 3 is 1.89 bits per heavy atom. The first-order valence-electron chi connectivity index (χ1n) is 20.7. The lowest BCUT2D eigenvalue weighted by atomic mass is 10.1. The second-order valence-electron chi connectivity index (χ2n) is 16.5. The van der Waals surface area contributed by atoms with E-state index in [-0.39, 0.29) is 47.8 Å². The molecule has 62 heavy (non-hydrogen) atoms. The van der Waals surface area contributed by atoms with Crippen molar-refractivity contribution in [3.05, 3.63) is 130 Å². The Morgan fingerprint density at radius 1 is 0.758 bits per heavy atom. The van der Waals surface area contributed by atoms with Crippen LogP contribution in [0.3, 0.4) is 0 Å². The maximum absolute atomic E-state index is 14.0. The van der Waals surface area contributed by atoms with Gasteiger partial charge in [0.25, 0.3) is 11.8 Å². The molecule has 0 spiro atoms. The summed E-state index contributed by atoms with van der Waals surface area (Å²) in [7, 11) is 5.00. The first-order chi connectivity index (χ1) is 30.0. The number of hydrogen-bond acceptors (Lipinski definition) is 10. The van der Waals surface area contributed by atoms with Crippen LogP contribution in [-0.2, 0) is 30.8 Å². The first-order valence-corrected chi connectivity index (χ1v) is 23.2. The van der Waals surface area contributed by atoms with Crippen molar-refractivity contribution in [3.8, 4) is 17.2 Å². The van der Waals surface area contributed by atoms with Gasteiger partial charge >= 0.3 is 0 Å². The van der Waals surface area contributed by atoms with Crippen LogP contribution < -0.4 is 29.3 Å². The molecule has 2 atom stereocenters. The van der Waals surface area contributed by atoms with Gasteiger partial charge in [-0.05, 0) is 104 Å². The number of nitrogens with one attached hydrogen (secondary N) is 1. The highest BCUT2D eigenvalue weighted by atomic mass is 33.1. The molecule has 13 heteroatoms. The Balaban J connectivity index is 0.961. The van der Waals surface area contributed by atoms with Gasteiger partial charge in [-0.15, -0.1) is 0 Å². The molecule has 11 nitrogen and oxygen atoms in total. The number of hydrogen-bond donors (Lipinski definition) is 1. The standard InChI is InChI=1S/C49H47N5O6S2/c1-29-16-37-39(50-25-35-20-32-10-6-8-12-41(32)53(35)47(37)56)23-43(29)59-27-30-17-31(19-34(18-30)52-46(55)14-15-49(2,3)62-61-5)28-60-45-24-40-38(22-44(45)58-4)48(57)54-36(26-51-40)21-33-11-7-9-13-42(33)54/h6-13,16-19,22-26,35-36H,14-15,20-21,27-28H2,1-5H3,(H,52,55)/t35-,36-/m0/s1. The number of fused-ring (bicyclic) bond motifs is 8. The number of aryl methyl sites for hydroxylation is 1. The second-order valence-corrected chi connectivity index (χ2v) is 19.6. The van der Waals surface area contributed by atoms with Crippen LogP contribution in [0.25, 0.3) is 0 Å². The van der Waals surface area contributed by atoms with Crippen molar-refractivity contribution in [2.75, 3.05) is 28.5 Å². The fourth-order valence-electron chi connectivity index (χ4n) is 8.62. The van der Waals surface area contributed by atoms with E-state index in [1.54, 1.807) is 45.7 Å². The van der Waals surface area contributed by atoms with Gasteiger partial charge in [0.1, 0.15) is 19.0 Å². The van der Waals surface area contributed by atoms with E-state index in [0.717, 1.165) is 45.6 Å². The van der Waals surface area contributed by atoms with Crippen molar-refractivity contribution >= 4 is 80.2 Å². The van der Waals surface area contributed by atoms with Crippen LogP contribution in [0, 0.1) is 6.92 Å². The molecule has 4 aliphatic rings. The van der Waals surface area contributed by atoms with E-state index in [4.69, 9.17) is 24.2 Å². The molecule has 0 aliphatic carbocycles. The number of para-hydroxylation sites is 2. The summed E-state index contributed by atoms with van der Waals surface area (Å²) in [5.41, 5.74) is 9.09. The van der Waals surface area contributed by atoms with Crippen LogP contribution in [0.2, 0.25) is 0 Å². The Labute approximate surface area is 369 Å². The summed E-state index contributed by atoms with van der Waals surface area (Å²) >= 11 is 0. The van der Waals surface area contributed by atoms with E-state index in [1.807, 2.05) is 103 Å². The van der Waals surface area contributed by atoms with Gasteiger partial charge in [0.2, 0.25) is 5.91 Å². The third-order valence-corrected chi connectivity index (χ3v) is 14.3. The predicted molar refractivity (Wildman–Crippen MR) is 250 cm³/mol. The summed E-state index contributed by atoms with van der Waals surface area (Å²) in [5, 5.41) is 3.11. The van der Waals surface area contributed by atoms with Gasteiger partial charge in [0, 0.05) is 65.6 Å². The lowest BCUT2D eigenvalue weighted by molar-refractivity contribution is -0.116. The number of aliphatic imine (C=N–C) groups is 2. The van der Waals surface area contributed by atoms with Crippen LogP contribution in [0.15, 0.2) is 101 Å². The number of ether oxygens (including phenoxy) is 3. The molecular weight excluding hydrogens is 819 g/mol. The van der Waals surface area contributed by atoms with E-state index >= 15 is 0 Å². The number of methoxy groups -OCH3 is 1. The number of amides is 3. The minimum Gasteiger partial charge on any atom is -0.493 e. The summed E-state index contributed by atoms with van der Waals surface area (Å²) in [6.07, 6.45) is 8.22. The summed E-state index contributed by atoms with van der Waals surface area (Å²) in [6.45, 7) is 6.51. The van der Waals surface area contributed by atoms with Gasteiger partial charge in [-0.2, -0.15) is 0 Å². The van der Waals surface area contributed by atoms with Crippen LogP contribution in [0.5, 0.6) is 17.2 Å². The SMILES string of the molecule is COc1cc2c(cc1OCc1cc(COc3cc4c(cc3C)C(=O)N3c5ccccc5C[C@H]3C=N4)cc(NC(=O)CCC(C)(C)SSC)c1)N=C[C@@H]1Cc3ccccc3N1C2=O. The molecule has 0 bridgehead atoms. The van der Waals surface area contributed by atoms with Crippen LogP contribution in [0.4, 0.5) is 28.4 Å². The normalized spacial score (nSPS) is 17.0. The summed E-state index contributed by atoms with van der Waals surface area (Å²) in [5.74, 6) is 1.12. The molecule has 0 saturated heterocycles. The number of carbonyl (C=O) groups excluding carboxylic acids is 3. The van der Waals surface area contributed by atoms with E-state index in [9.17, 15) is 14.4 Å². The smallest absolute Gasteiger partial charge is 0.261 e. The van der Waals surface area contributed by atoms with E-state index < -0.39 is 0 Å². The van der Waals surface area contributed by atoms with Gasteiger partial charge < -0.3 is 19.5 Å². The van der Waals surface area contributed by atoms with Gasteiger partial charge in [-0.25, -0.2) is 0 Å². The number of carbonyl (C=O) groups is 3. The topological polar surface area (TPSA) is 122 Å². The first kappa shape index (κ1) is 41.3. The Morgan fingerprint density at radius 2 is 1.31 bits per heavy atom. The van der Waals surface area contributed by atoms with Gasteiger partial charge in [0.05, 0.1) is 41.7 Å². The highest BCUT2D eigenvalue weighted by Crippen LogP contribution is 2.42. The number of anilines is 3. The molecule has 0 aromatic heterocycles. The van der Waals surface area contributed by atoms with Crippen LogP contribution >= 0.6 is 21.6 Å². The fraction of sp³-hybridized carbons (Fsp3) is 0.286. The molecule has 5 aromatic rings. The lowest BCUT2D eigenvalue weighted by Crippen LogP contribution is -2.37. The van der Waals surface area contributed by atoms with E-state index in [1.165, 1.54) is 0 Å². The maximum Gasteiger partial charge on any atom is 0.261 e. The fourth-order valence-corrected chi connectivity index (χ4v) is 10.9. The summed E-state index contributed by atoms with van der Waals surface area (Å²) in [4.78, 5) is 54.4. The molecule has 9 rings (SSSR count). The van der Waals surface area contributed by atoms with Crippen LogP contribution in [0.1, 0.15) is 75.2 Å². The minimum absolute atomic E-state index is 0.0607. The highest BCUT2D eigenvalue weighted by molar-refractivity contribution is 8.76. The third kappa shape index (κ3) is 8.18. The van der Waals surface area contributed by atoms with Crippen molar-refractivity contribution < 1.29 is 28.6 Å². The monoisotopic (exact) mass is 865 g/mol. The number of rotatable bonds is 13. The molecule has 3 amide bonds. The molecule has 0 unspecified atom stereocenters. The van der Waals surface area contributed by atoms with Crippen molar-refractivity contribution in [1.82, 2.24) is 0 Å².